The molecule has 2 aliphatic rings. The van der Waals surface area contributed by atoms with Crippen LogP contribution in [0.4, 0.5) is 5.69 Å². The van der Waals surface area contributed by atoms with Crippen LogP contribution in [-0.2, 0) is 0 Å². The van der Waals surface area contributed by atoms with Crippen LogP contribution in [-0.4, -0.2) is 15.6 Å². The van der Waals surface area contributed by atoms with Crippen LogP contribution in [0, 0.1) is 10.1 Å². The van der Waals surface area contributed by atoms with Crippen molar-refractivity contribution in [3.63, 3.8) is 0 Å². The molecule has 2 heterocycles. The standard InChI is InChI=1S/C26H17Cl2N3O3/c27-19-12-21-24-14-23(17-9-8-15-4-1-2-5-16(15)10-17)29-30(24)26(34-25(21)22(28)13-19)18-6-3-7-20(11-18)31(32)33/h1-13,24,26H,14H2/t24-,26-/m1/s1. The highest BCUT2D eigenvalue weighted by Crippen LogP contribution is 2.51. The molecule has 2 aliphatic heterocycles. The van der Waals surface area contributed by atoms with Gasteiger partial charge in [0.25, 0.3) is 5.69 Å². The Labute approximate surface area is 205 Å². The number of hydrazone groups is 1. The van der Waals surface area contributed by atoms with E-state index in [0.717, 1.165) is 27.6 Å². The molecule has 4 aromatic carbocycles. The first kappa shape index (κ1) is 21.0. The molecule has 0 spiro atoms. The molecule has 34 heavy (non-hydrogen) atoms. The fourth-order valence-corrected chi connectivity index (χ4v) is 5.22. The molecule has 0 N–H and O–H groups in total. The average molecular weight is 490 g/mol. The van der Waals surface area contributed by atoms with Crippen molar-refractivity contribution in [3.05, 3.63) is 116 Å². The number of fused-ring (bicyclic) bond motifs is 4. The third-order valence-corrected chi connectivity index (χ3v) is 6.76. The molecule has 0 aromatic heterocycles. The molecule has 0 fully saturated rings. The minimum atomic E-state index is -0.672. The molecular formula is C26H17Cl2N3O3. The molecule has 8 heteroatoms. The van der Waals surface area contributed by atoms with Crippen molar-refractivity contribution in [2.24, 2.45) is 5.10 Å². The molecule has 6 nitrogen and oxygen atoms in total. The van der Waals surface area contributed by atoms with Crippen LogP contribution in [0.5, 0.6) is 5.75 Å². The molecule has 0 radical (unpaired) electrons. The van der Waals surface area contributed by atoms with Gasteiger partial charge in [-0.3, -0.25) is 10.1 Å². The third-order valence-electron chi connectivity index (χ3n) is 6.26. The maximum Gasteiger partial charge on any atom is 0.269 e. The number of hydrogen-bond donors (Lipinski definition) is 0. The topological polar surface area (TPSA) is 68.0 Å². The highest BCUT2D eigenvalue weighted by atomic mass is 35.5. The van der Waals surface area contributed by atoms with Crippen LogP contribution >= 0.6 is 23.2 Å². The second kappa shape index (κ2) is 8.01. The van der Waals surface area contributed by atoms with Crippen molar-refractivity contribution < 1.29 is 9.66 Å². The second-order valence-electron chi connectivity index (χ2n) is 8.34. The van der Waals surface area contributed by atoms with Crippen molar-refractivity contribution in [1.82, 2.24) is 5.01 Å². The van der Waals surface area contributed by atoms with Crippen LogP contribution in [0.15, 0.2) is 84.0 Å². The van der Waals surface area contributed by atoms with Crippen molar-refractivity contribution in [2.75, 3.05) is 0 Å². The fourth-order valence-electron chi connectivity index (χ4n) is 4.67. The van der Waals surface area contributed by atoms with E-state index in [1.54, 1.807) is 18.2 Å². The summed E-state index contributed by atoms with van der Waals surface area (Å²) >= 11 is 12.8. The lowest BCUT2D eigenvalue weighted by Crippen LogP contribution is -2.33. The van der Waals surface area contributed by atoms with Crippen LogP contribution in [0.1, 0.15) is 35.4 Å². The summed E-state index contributed by atoms with van der Waals surface area (Å²) in [6, 6.07) is 24.2. The molecule has 0 unspecified atom stereocenters. The Morgan fingerprint density at radius 3 is 2.62 bits per heavy atom. The van der Waals surface area contributed by atoms with E-state index in [2.05, 4.69) is 30.3 Å². The molecular weight excluding hydrogens is 473 g/mol. The summed E-state index contributed by atoms with van der Waals surface area (Å²) < 4.78 is 6.31. The van der Waals surface area contributed by atoms with Gasteiger partial charge in [0.2, 0.25) is 6.23 Å². The molecule has 0 amide bonds. The summed E-state index contributed by atoms with van der Waals surface area (Å²) in [5.74, 6) is 0.527. The number of hydrogen-bond acceptors (Lipinski definition) is 5. The normalized spacial score (nSPS) is 18.8. The van der Waals surface area contributed by atoms with Crippen LogP contribution in [0.25, 0.3) is 10.8 Å². The van der Waals surface area contributed by atoms with E-state index in [-0.39, 0.29) is 11.7 Å². The van der Waals surface area contributed by atoms with Crippen LogP contribution < -0.4 is 4.74 Å². The lowest BCUT2D eigenvalue weighted by atomic mass is 9.95. The lowest BCUT2D eigenvalue weighted by Gasteiger charge is -2.38. The Balaban J connectivity index is 1.48. The molecule has 0 bridgehead atoms. The van der Waals surface area contributed by atoms with Gasteiger partial charge >= 0.3 is 0 Å². The predicted octanol–water partition coefficient (Wildman–Crippen LogP) is 7.30. The smallest absolute Gasteiger partial charge is 0.269 e. The van der Waals surface area contributed by atoms with Gasteiger partial charge in [0.05, 0.1) is 21.7 Å². The Morgan fingerprint density at radius 1 is 0.971 bits per heavy atom. The van der Waals surface area contributed by atoms with Crippen LogP contribution in [0.2, 0.25) is 10.0 Å². The van der Waals surface area contributed by atoms with Crippen molar-refractivity contribution in [1.29, 1.82) is 0 Å². The zero-order valence-corrected chi connectivity index (χ0v) is 19.2. The van der Waals surface area contributed by atoms with Gasteiger partial charge in [-0.05, 0) is 34.5 Å². The van der Waals surface area contributed by atoms with E-state index in [9.17, 15) is 10.1 Å². The molecule has 0 aliphatic carbocycles. The molecule has 6 rings (SSSR count). The molecule has 4 aromatic rings. The largest absolute Gasteiger partial charge is 0.463 e. The van der Waals surface area contributed by atoms with E-state index in [4.69, 9.17) is 33.0 Å². The minimum Gasteiger partial charge on any atom is -0.463 e. The average Bonchev–Trinajstić information content (AvgIpc) is 3.29. The first-order valence-corrected chi connectivity index (χ1v) is 11.5. The first-order chi connectivity index (χ1) is 16.5. The van der Waals surface area contributed by atoms with Gasteiger partial charge in [0.1, 0.15) is 5.75 Å². The number of benzene rings is 4. The van der Waals surface area contributed by atoms with Gasteiger partial charge in [0, 0.05) is 34.7 Å². The van der Waals surface area contributed by atoms with E-state index in [1.165, 1.54) is 12.1 Å². The number of non-ortho nitro benzene ring substituents is 1. The Hall–Kier alpha value is -3.61. The quantitative estimate of drug-likeness (QED) is 0.223. The lowest BCUT2D eigenvalue weighted by molar-refractivity contribution is -0.385. The van der Waals surface area contributed by atoms with Gasteiger partial charge < -0.3 is 4.74 Å². The van der Waals surface area contributed by atoms with E-state index >= 15 is 0 Å². The molecule has 0 saturated carbocycles. The summed E-state index contributed by atoms with van der Waals surface area (Å²) in [6.07, 6.45) is -0.0504. The predicted molar refractivity (Wildman–Crippen MR) is 133 cm³/mol. The number of rotatable bonds is 3. The minimum absolute atomic E-state index is 0.0106. The Bertz CT molecular complexity index is 1500. The Kier molecular flexibility index (Phi) is 4.94. The van der Waals surface area contributed by atoms with Gasteiger partial charge in [-0.25, -0.2) is 5.01 Å². The van der Waals surface area contributed by atoms with Crippen molar-refractivity contribution in [3.8, 4) is 5.75 Å². The monoisotopic (exact) mass is 489 g/mol. The van der Waals surface area contributed by atoms with E-state index in [0.29, 0.717) is 27.8 Å². The maximum atomic E-state index is 11.4. The summed E-state index contributed by atoms with van der Waals surface area (Å²) in [4.78, 5) is 11.0. The number of nitro groups is 1. The van der Waals surface area contributed by atoms with Crippen molar-refractivity contribution in [2.45, 2.75) is 18.7 Å². The van der Waals surface area contributed by atoms with Gasteiger partial charge in [0.15, 0.2) is 0 Å². The number of ether oxygens (including phenoxy) is 1. The fraction of sp³-hybridized carbons (Fsp3) is 0.115. The van der Waals surface area contributed by atoms with E-state index < -0.39 is 11.2 Å². The van der Waals surface area contributed by atoms with Gasteiger partial charge in [-0.15, -0.1) is 0 Å². The first-order valence-electron chi connectivity index (χ1n) is 10.7. The summed E-state index contributed by atoms with van der Waals surface area (Å²) in [7, 11) is 0. The maximum absolute atomic E-state index is 11.4. The van der Waals surface area contributed by atoms with E-state index in [1.807, 2.05) is 23.2 Å². The highest BCUT2D eigenvalue weighted by Gasteiger charge is 2.42. The summed E-state index contributed by atoms with van der Waals surface area (Å²) in [5.41, 5.74) is 3.38. The van der Waals surface area contributed by atoms with Crippen molar-refractivity contribution >= 4 is 45.4 Å². The number of halogens is 2. The van der Waals surface area contributed by atoms with Gasteiger partial charge in [-0.1, -0.05) is 71.7 Å². The third kappa shape index (κ3) is 3.47. The SMILES string of the molecule is O=[N+]([O-])c1cccc([C@H]2Oc3c(Cl)cc(Cl)cc3[C@H]3CC(c4ccc5ccccc5c4)=NN32)c1. The van der Waals surface area contributed by atoms with Crippen LogP contribution in [0.3, 0.4) is 0 Å². The molecule has 0 saturated heterocycles. The number of nitro benzene ring substituents is 1. The molecule has 168 valence electrons. The number of nitrogens with zero attached hydrogens (tertiary/aromatic N) is 3. The zero-order valence-electron chi connectivity index (χ0n) is 17.7. The highest BCUT2D eigenvalue weighted by molar-refractivity contribution is 6.35. The Morgan fingerprint density at radius 2 is 1.79 bits per heavy atom. The zero-order chi connectivity index (χ0) is 23.4. The molecule has 2 atom stereocenters. The van der Waals surface area contributed by atoms with Gasteiger partial charge in [-0.2, -0.15) is 5.10 Å². The second-order valence-corrected chi connectivity index (χ2v) is 9.18. The summed E-state index contributed by atoms with van der Waals surface area (Å²) in [6.45, 7) is 0. The summed E-state index contributed by atoms with van der Waals surface area (Å²) in [5, 5.41) is 21.4.